The Bertz CT molecular complexity index is 866. The number of likely N-dealkylation sites (N-methyl/N-ethyl adjacent to an activating group) is 1. The van der Waals surface area contributed by atoms with Crippen molar-refractivity contribution < 1.29 is 13.9 Å². The molecule has 1 aromatic heterocycles. The molecule has 0 spiro atoms. The van der Waals surface area contributed by atoms with Gasteiger partial charge in [-0.1, -0.05) is 30.0 Å². The summed E-state index contributed by atoms with van der Waals surface area (Å²) in [6.45, 7) is 11.4. The van der Waals surface area contributed by atoms with Gasteiger partial charge in [-0.3, -0.25) is 9.36 Å². The number of hydrogen-bond donors (Lipinski definition) is 0. The van der Waals surface area contributed by atoms with Gasteiger partial charge in [-0.05, 0) is 32.0 Å². The molecule has 3 rings (SSSR count). The van der Waals surface area contributed by atoms with E-state index in [2.05, 4.69) is 21.7 Å². The summed E-state index contributed by atoms with van der Waals surface area (Å²) in [6.07, 6.45) is 0. The second kappa shape index (κ2) is 9.89. The van der Waals surface area contributed by atoms with Crippen LogP contribution in [0.15, 0.2) is 41.6 Å². The summed E-state index contributed by atoms with van der Waals surface area (Å²) >= 11 is 1.30. The predicted molar refractivity (Wildman–Crippen MR) is 112 cm³/mol. The monoisotopic (exact) mass is 419 g/mol. The fourth-order valence-corrected chi connectivity index (χ4v) is 3.93. The maximum absolute atomic E-state index is 13.9. The van der Waals surface area contributed by atoms with Gasteiger partial charge >= 0.3 is 0 Å². The number of rotatable bonds is 8. The van der Waals surface area contributed by atoms with Gasteiger partial charge < -0.3 is 14.5 Å². The Morgan fingerprint density at radius 1 is 1.34 bits per heavy atom. The number of aromatic nitrogens is 3. The molecule has 2 aromatic rings. The Kier molecular flexibility index (Phi) is 7.27. The first-order chi connectivity index (χ1) is 14.0. The summed E-state index contributed by atoms with van der Waals surface area (Å²) in [5, 5.41) is 9.19. The Balaban J connectivity index is 1.85. The normalized spacial score (nSPS) is 14.1. The average Bonchev–Trinajstić information content (AvgIpc) is 3.14. The molecular formula is C20H26FN5O2S. The summed E-state index contributed by atoms with van der Waals surface area (Å²) in [4.78, 5) is 16.4. The largest absolute Gasteiger partial charge is 0.378 e. The molecule has 1 saturated heterocycles. The highest BCUT2D eigenvalue weighted by atomic mass is 32.2. The quantitative estimate of drug-likeness (QED) is 0.484. The van der Waals surface area contributed by atoms with Crippen LogP contribution in [0.2, 0.25) is 0 Å². The SMILES string of the molecule is C=C(C)CN(CC)C(=O)CSc1nnc(N2CCOCC2)n1-c1cccc(F)c1. The number of hydrogen-bond acceptors (Lipinski definition) is 6. The Labute approximate surface area is 174 Å². The van der Waals surface area contributed by atoms with Crippen molar-refractivity contribution in [3.63, 3.8) is 0 Å². The lowest BCUT2D eigenvalue weighted by Gasteiger charge is -2.28. The van der Waals surface area contributed by atoms with Gasteiger partial charge in [0.05, 0.1) is 24.7 Å². The molecule has 1 aromatic carbocycles. The van der Waals surface area contributed by atoms with Gasteiger partial charge in [-0.15, -0.1) is 10.2 Å². The molecule has 1 amide bonds. The molecule has 7 nitrogen and oxygen atoms in total. The maximum atomic E-state index is 13.9. The van der Waals surface area contributed by atoms with Crippen LogP contribution in [-0.4, -0.2) is 70.7 Å². The Hall–Kier alpha value is -2.39. The average molecular weight is 420 g/mol. The maximum Gasteiger partial charge on any atom is 0.233 e. The van der Waals surface area contributed by atoms with Gasteiger partial charge in [0, 0.05) is 26.2 Å². The number of benzene rings is 1. The number of nitrogens with zero attached hydrogens (tertiary/aromatic N) is 5. The number of thioether (sulfide) groups is 1. The second-order valence-electron chi connectivity index (χ2n) is 6.85. The van der Waals surface area contributed by atoms with Crippen LogP contribution in [0, 0.1) is 5.82 Å². The van der Waals surface area contributed by atoms with E-state index in [1.165, 1.54) is 23.9 Å². The lowest BCUT2D eigenvalue weighted by molar-refractivity contribution is -0.127. The molecule has 2 heterocycles. The van der Waals surface area contributed by atoms with Crippen LogP contribution in [0.25, 0.3) is 5.69 Å². The summed E-state index contributed by atoms with van der Waals surface area (Å²) in [5.41, 5.74) is 1.56. The van der Waals surface area contributed by atoms with Crippen LogP contribution in [0.4, 0.5) is 10.3 Å². The predicted octanol–water partition coefficient (Wildman–Crippen LogP) is 2.76. The molecule has 0 bridgehead atoms. The van der Waals surface area contributed by atoms with Gasteiger partial charge in [0.25, 0.3) is 0 Å². The zero-order valence-electron chi connectivity index (χ0n) is 16.8. The fourth-order valence-electron chi connectivity index (χ4n) is 3.08. The van der Waals surface area contributed by atoms with Crippen molar-refractivity contribution in [1.82, 2.24) is 19.7 Å². The topological polar surface area (TPSA) is 63.5 Å². The Morgan fingerprint density at radius 2 is 2.10 bits per heavy atom. The zero-order chi connectivity index (χ0) is 20.8. The standard InChI is InChI=1S/C20H26FN5O2S/c1-4-24(13-15(2)3)18(27)14-29-20-23-22-19(25-8-10-28-11-9-25)26(20)17-7-5-6-16(21)12-17/h5-7,12H,2,4,8-11,13-14H2,1,3H3. The molecule has 1 aliphatic heterocycles. The molecule has 1 fully saturated rings. The zero-order valence-corrected chi connectivity index (χ0v) is 17.6. The Morgan fingerprint density at radius 3 is 2.76 bits per heavy atom. The lowest BCUT2D eigenvalue weighted by atomic mass is 10.3. The number of amides is 1. The number of halogens is 1. The molecule has 1 aliphatic rings. The van der Waals surface area contributed by atoms with Crippen LogP contribution >= 0.6 is 11.8 Å². The van der Waals surface area contributed by atoms with E-state index in [-0.39, 0.29) is 17.5 Å². The summed E-state index contributed by atoms with van der Waals surface area (Å²) in [7, 11) is 0. The van der Waals surface area contributed by atoms with Gasteiger partial charge in [0.15, 0.2) is 5.16 Å². The van der Waals surface area contributed by atoms with Crippen LogP contribution in [0.5, 0.6) is 0 Å². The highest BCUT2D eigenvalue weighted by Crippen LogP contribution is 2.27. The van der Waals surface area contributed by atoms with Crippen molar-refractivity contribution in [3.8, 4) is 5.69 Å². The summed E-state index contributed by atoms with van der Waals surface area (Å²) in [6, 6.07) is 6.30. The second-order valence-corrected chi connectivity index (χ2v) is 7.79. The molecule has 0 saturated carbocycles. The first-order valence-electron chi connectivity index (χ1n) is 9.58. The molecule has 29 heavy (non-hydrogen) atoms. The third kappa shape index (κ3) is 5.36. The highest BCUT2D eigenvalue weighted by molar-refractivity contribution is 7.99. The smallest absolute Gasteiger partial charge is 0.233 e. The van der Waals surface area contributed by atoms with E-state index in [1.54, 1.807) is 15.5 Å². The van der Waals surface area contributed by atoms with Gasteiger partial charge in [0.1, 0.15) is 5.82 Å². The third-order valence-electron chi connectivity index (χ3n) is 4.50. The number of anilines is 1. The molecule has 0 radical (unpaired) electrons. The first-order valence-corrected chi connectivity index (χ1v) is 10.6. The minimum atomic E-state index is -0.338. The van der Waals surface area contributed by atoms with E-state index in [1.807, 2.05) is 19.9 Å². The van der Waals surface area contributed by atoms with Gasteiger partial charge in [0.2, 0.25) is 11.9 Å². The van der Waals surface area contributed by atoms with Crippen LogP contribution in [0.3, 0.4) is 0 Å². The number of carbonyl (C=O) groups excluding carboxylic acids is 1. The van der Waals surface area contributed by atoms with Crippen molar-refractivity contribution in [1.29, 1.82) is 0 Å². The van der Waals surface area contributed by atoms with Crippen molar-refractivity contribution in [2.45, 2.75) is 19.0 Å². The van der Waals surface area contributed by atoms with E-state index >= 15 is 0 Å². The van der Waals surface area contributed by atoms with Crippen molar-refractivity contribution in [2.75, 3.05) is 50.0 Å². The van der Waals surface area contributed by atoms with E-state index < -0.39 is 0 Å². The van der Waals surface area contributed by atoms with Crippen molar-refractivity contribution >= 4 is 23.6 Å². The van der Waals surface area contributed by atoms with Crippen LogP contribution in [0.1, 0.15) is 13.8 Å². The summed E-state index contributed by atoms with van der Waals surface area (Å²) in [5.74, 6) is 0.512. The van der Waals surface area contributed by atoms with Gasteiger partial charge in [-0.25, -0.2) is 4.39 Å². The number of ether oxygens (including phenoxy) is 1. The molecule has 0 atom stereocenters. The van der Waals surface area contributed by atoms with Crippen LogP contribution < -0.4 is 4.90 Å². The van der Waals surface area contributed by atoms with E-state index in [9.17, 15) is 9.18 Å². The lowest BCUT2D eigenvalue weighted by Crippen LogP contribution is -2.38. The van der Waals surface area contributed by atoms with Gasteiger partial charge in [-0.2, -0.15) is 0 Å². The van der Waals surface area contributed by atoms with E-state index in [0.29, 0.717) is 56.2 Å². The molecule has 0 aliphatic carbocycles. The van der Waals surface area contributed by atoms with Crippen molar-refractivity contribution in [2.24, 2.45) is 0 Å². The van der Waals surface area contributed by atoms with E-state index in [4.69, 9.17) is 4.74 Å². The van der Waals surface area contributed by atoms with Crippen molar-refractivity contribution in [3.05, 3.63) is 42.2 Å². The minimum Gasteiger partial charge on any atom is -0.378 e. The van der Waals surface area contributed by atoms with Crippen LogP contribution in [-0.2, 0) is 9.53 Å². The first kappa shape index (κ1) is 21.3. The highest BCUT2D eigenvalue weighted by Gasteiger charge is 2.23. The third-order valence-corrected chi connectivity index (χ3v) is 5.41. The molecule has 156 valence electrons. The fraction of sp³-hybridized carbons (Fsp3) is 0.450. The molecule has 9 heteroatoms. The molecule has 0 N–H and O–H groups in total. The summed E-state index contributed by atoms with van der Waals surface area (Å²) < 4.78 is 21.1. The molecular weight excluding hydrogens is 393 g/mol. The van der Waals surface area contributed by atoms with E-state index in [0.717, 1.165) is 5.57 Å². The number of carbonyl (C=O) groups is 1. The molecule has 0 unspecified atom stereocenters. The number of morpholine rings is 1. The minimum absolute atomic E-state index is 0.00205.